The van der Waals surface area contributed by atoms with Crippen LogP contribution in [-0.4, -0.2) is 23.5 Å². The van der Waals surface area contributed by atoms with E-state index >= 15 is 0 Å². The summed E-state index contributed by atoms with van der Waals surface area (Å²) in [5, 5.41) is 11.3. The lowest BCUT2D eigenvalue weighted by atomic mass is 10.1. The molecule has 0 heterocycles. The van der Waals surface area contributed by atoms with Crippen LogP contribution in [0.3, 0.4) is 0 Å². The van der Waals surface area contributed by atoms with E-state index in [1.54, 1.807) is 6.92 Å². The summed E-state index contributed by atoms with van der Waals surface area (Å²) in [5.74, 6) is -1.64. The second-order valence-electron chi connectivity index (χ2n) is 3.85. The number of rotatable bonds is 5. The number of nitrogens with one attached hydrogen (secondary N) is 1. The first kappa shape index (κ1) is 13.7. The van der Waals surface area contributed by atoms with Gasteiger partial charge in [-0.25, -0.2) is 0 Å². The molecule has 0 aliphatic rings. The minimum atomic E-state index is -0.908. The Kier molecular flexibility index (Phi) is 5.15. The Bertz CT molecular complexity index is 403. The summed E-state index contributed by atoms with van der Waals surface area (Å²) >= 11 is 3.31. The van der Waals surface area contributed by atoms with Gasteiger partial charge < -0.3 is 10.4 Å². The fourth-order valence-electron chi connectivity index (χ4n) is 1.20. The van der Waals surface area contributed by atoms with Crippen molar-refractivity contribution in [2.75, 3.05) is 6.54 Å². The lowest BCUT2D eigenvalue weighted by Gasteiger charge is -2.08. The third-order valence-electron chi connectivity index (χ3n) is 2.30. The number of hydrogen-bond donors (Lipinski definition) is 2. The molecule has 0 bridgehead atoms. The SMILES string of the molecule is CC(CNC(=O)Cc1ccc(Br)cc1)C(=O)O. The van der Waals surface area contributed by atoms with Crippen LogP contribution >= 0.6 is 15.9 Å². The minimum Gasteiger partial charge on any atom is -0.481 e. The number of hydrogen-bond acceptors (Lipinski definition) is 2. The van der Waals surface area contributed by atoms with Crippen molar-refractivity contribution >= 4 is 27.8 Å². The average Bonchev–Trinajstić information content (AvgIpc) is 2.29. The zero-order valence-corrected chi connectivity index (χ0v) is 11.0. The molecule has 0 saturated heterocycles. The maximum atomic E-state index is 11.5. The highest BCUT2D eigenvalue weighted by Crippen LogP contribution is 2.10. The highest BCUT2D eigenvalue weighted by molar-refractivity contribution is 9.10. The monoisotopic (exact) mass is 299 g/mol. The van der Waals surface area contributed by atoms with Gasteiger partial charge in [-0.2, -0.15) is 0 Å². The Hall–Kier alpha value is -1.36. The predicted octanol–water partition coefficient (Wildman–Crippen LogP) is 1.83. The lowest BCUT2D eigenvalue weighted by Crippen LogP contribution is -2.32. The van der Waals surface area contributed by atoms with Gasteiger partial charge in [0.2, 0.25) is 5.91 Å². The molecular weight excluding hydrogens is 286 g/mol. The van der Waals surface area contributed by atoms with E-state index in [9.17, 15) is 9.59 Å². The van der Waals surface area contributed by atoms with Crippen LogP contribution in [0.5, 0.6) is 0 Å². The first-order valence-electron chi connectivity index (χ1n) is 5.23. The molecule has 17 heavy (non-hydrogen) atoms. The number of amides is 1. The Balaban J connectivity index is 2.39. The van der Waals surface area contributed by atoms with Gasteiger partial charge in [0, 0.05) is 11.0 Å². The maximum Gasteiger partial charge on any atom is 0.308 e. The molecule has 0 saturated carbocycles. The first-order valence-corrected chi connectivity index (χ1v) is 6.02. The van der Waals surface area contributed by atoms with Crippen molar-refractivity contribution < 1.29 is 14.7 Å². The summed E-state index contributed by atoms with van der Waals surface area (Å²) in [6.45, 7) is 1.72. The standard InChI is InChI=1S/C12H14BrNO3/c1-8(12(16)17)7-14-11(15)6-9-2-4-10(13)5-3-9/h2-5,8H,6-7H2,1H3,(H,14,15)(H,16,17). The molecule has 1 rings (SSSR count). The van der Waals surface area contributed by atoms with Crippen molar-refractivity contribution in [2.45, 2.75) is 13.3 Å². The van der Waals surface area contributed by atoms with Crippen molar-refractivity contribution in [3.8, 4) is 0 Å². The first-order chi connectivity index (χ1) is 7.99. The van der Waals surface area contributed by atoms with E-state index < -0.39 is 11.9 Å². The highest BCUT2D eigenvalue weighted by Gasteiger charge is 2.12. The molecule has 92 valence electrons. The Morgan fingerprint density at radius 3 is 2.47 bits per heavy atom. The smallest absolute Gasteiger partial charge is 0.308 e. The van der Waals surface area contributed by atoms with E-state index in [1.165, 1.54) is 0 Å². The van der Waals surface area contributed by atoms with Crippen molar-refractivity contribution in [2.24, 2.45) is 5.92 Å². The fourth-order valence-corrected chi connectivity index (χ4v) is 1.47. The van der Waals surface area contributed by atoms with Gasteiger partial charge in [-0.1, -0.05) is 35.0 Å². The fraction of sp³-hybridized carbons (Fsp3) is 0.333. The molecular formula is C12H14BrNO3. The largest absolute Gasteiger partial charge is 0.481 e. The van der Waals surface area contributed by atoms with Crippen molar-refractivity contribution in [3.63, 3.8) is 0 Å². The summed E-state index contributed by atoms with van der Waals surface area (Å²) in [4.78, 5) is 22.1. The number of aliphatic carboxylic acids is 1. The number of benzene rings is 1. The Morgan fingerprint density at radius 2 is 1.94 bits per heavy atom. The zero-order valence-electron chi connectivity index (χ0n) is 9.44. The molecule has 1 amide bonds. The number of carboxylic acid groups (broad SMARTS) is 1. The summed E-state index contributed by atoms with van der Waals surface area (Å²) in [6.07, 6.45) is 0.264. The second-order valence-corrected chi connectivity index (χ2v) is 4.76. The van der Waals surface area contributed by atoms with Gasteiger partial charge in [0.05, 0.1) is 12.3 Å². The van der Waals surface area contributed by atoms with E-state index in [4.69, 9.17) is 5.11 Å². The van der Waals surface area contributed by atoms with Gasteiger partial charge >= 0.3 is 5.97 Å². The molecule has 0 radical (unpaired) electrons. The molecule has 0 aromatic heterocycles. The van der Waals surface area contributed by atoms with Crippen LogP contribution in [0.25, 0.3) is 0 Å². The molecule has 1 unspecified atom stereocenters. The average molecular weight is 300 g/mol. The van der Waals surface area contributed by atoms with Gasteiger partial charge in [-0.15, -0.1) is 0 Å². The molecule has 0 fully saturated rings. The van der Waals surface area contributed by atoms with Crippen LogP contribution in [0, 0.1) is 5.92 Å². The molecule has 0 aliphatic carbocycles. The number of carboxylic acids is 1. The Morgan fingerprint density at radius 1 is 1.35 bits per heavy atom. The van der Waals surface area contributed by atoms with Gasteiger partial charge in [0.25, 0.3) is 0 Å². The van der Waals surface area contributed by atoms with Crippen LogP contribution in [-0.2, 0) is 16.0 Å². The number of carbonyl (C=O) groups excluding carboxylic acids is 1. The maximum absolute atomic E-state index is 11.5. The van der Waals surface area contributed by atoms with E-state index in [0.717, 1.165) is 10.0 Å². The number of carbonyl (C=O) groups is 2. The third-order valence-corrected chi connectivity index (χ3v) is 2.83. The van der Waals surface area contributed by atoms with E-state index in [0.29, 0.717) is 0 Å². The molecule has 1 aromatic rings. The highest BCUT2D eigenvalue weighted by atomic mass is 79.9. The third kappa shape index (κ3) is 4.99. The predicted molar refractivity (Wildman–Crippen MR) is 67.7 cm³/mol. The van der Waals surface area contributed by atoms with Crippen LogP contribution in [0.4, 0.5) is 0 Å². The van der Waals surface area contributed by atoms with Crippen molar-refractivity contribution in [3.05, 3.63) is 34.3 Å². The molecule has 0 spiro atoms. The Labute approximate surface area is 108 Å². The van der Waals surface area contributed by atoms with Crippen molar-refractivity contribution in [1.29, 1.82) is 0 Å². The summed E-state index contributed by atoms with van der Waals surface area (Å²) in [5.41, 5.74) is 0.897. The molecule has 1 atom stereocenters. The van der Waals surface area contributed by atoms with Gasteiger partial charge in [0.1, 0.15) is 0 Å². The zero-order chi connectivity index (χ0) is 12.8. The molecule has 4 nitrogen and oxygen atoms in total. The van der Waals surface area contributed by atoms with Crippen LogP contribution in [0.15, 0.2) is 28.7 Å². The summed E-state index contributed by atoms with van der Waals surface area (Å²) < 4.78 is 0.959. The molecule has 2 N–H and O–H groups in total. The van der Waals surface area contributed by atoms with Gasteiger partial charge in [0.15, 0.2) is 0 Å². The lowest BCUT2D eigenvalue weighted by molar-refractivity contribution is -0.141. The van der Waals surface area contributed by atoms with E-state index in [-0.39, 0.29) is 18.9 Å². The number of halogens is 1. The molecule has 5 heteroatoms. The molecule has 0 aliphatic heterocycles. The minimum absolute atomic E-state index is 0.157. The summed E-state index contributed by atoms with van der Waals surface area (Å²) in [7, 11) is 0. The van der Waals surface area contributed by atoms with E-state index in [1.807, 2.05) is 24.3 Å². The van der Waals surface area contributed by atoms with Crippen molar-refractivity contribution in [1.82, 2.24) is 5.32 Å². The van der Waals surface area contributed by atoms with Gasteiger partial charge in [-0.05, 0) is 17.7 Å². The molecule has 1 aromatic carbocycles. The van der Waals surface area contributed by atoms with Crippen LogP contribution in [0.1, 0.15) is 12.5 Å². The van der Waals surface area contributed by atoms with Gasteiger partial charge in [-0.3, -0.25) is 9.59 Å². The van der Waals surface area contributed by atoms with Crippen LogP contribution < -0.4 is 5.32 Å². The van der Waals surface area contributed by atoms with Crippen LogP contribution in [0.2, 0.25) is 0 Å². The second kappa shape index (κ2) is 6.39. The normalized spacial score (nSPS) is 11.9. The quantitative estimate of drug-likeness (QED) is 0.872. The van der Waals surface area contributed by atoms with E-state index in [2.05, 4.69) is 21.2 Å². The topological polar surface area (TPSA) is 66.4 Å². The summed E-state index contributed by atoms with van der Waals surface area (Å²) in [6, 6.07) is 7.43.